The van der Waals surface area contributed by atoms with Crippen molar-refractivity contribution >= 4 is 17.5 Å². The Morgan fingerprint density at radius 3 is 2.56 bits per heavy atom. The number of carbonyl (C=O) groups excluding carboxylic acids is 1. The van der Waals surface area contributed by atoms with Crippen LogP contribution in [-0.2, 0) is 7.05 Å². The summed E-state index contributed by atoms with van der Waals surface area (Å²) in [5, 5.41) is 8.89. The monoisotopic (exact) mass is 376 g/mol. The number of aromatic nitrogens is 4. The SMILES string of the molecule is Cn1cc(Nc2nccc(-c3ccc(C(=O)NCC(F)(F)F)cc3)n2)cn1. The molecule has 0 bridgehead atoms. The maximum Gasteiger partial charge on any atom is 0.405 e. The van der Waals surface area contributed by atoms with Crippen LogP contribution in [0.15, 0.2) is 48.9 Å². The average molecular weight is 376 g/mol. The van der Waals surface area contributed by atoms with E-state index >= 15 is 0 Å². The molecular weight excluding hydrogens is 361 g/mol. The normalized spacial score (nSPS) is 11.3. The molecule has 27 heavy (non-hydrogen) atoms. The van der Waals surface area contributed by atoms with Gasteiger partial charge in [0.05, 0.1) is 17.6 Å². The lowest BCUT2D eigenvalue weighted by Crippen LogP contribution is -2.33. The van der Waals surface area contributed by atoms with Crippen molar-refractivity contribution in [2.24, 2.45) is 7.05 Å². The lowest BCUT2D eigenvalue weighted by Gasteiger charge is -2.09. The van der Waals surface area contributed by atoms with Gasteiger partial charge in [0.25, 0.3) is 5.91 Å². The van der Waals surface area contributed by atoms with Crippen molar-refractivity contribution in [3.63, 3.8) is 0 Å². The highest BCUT2D eigenvalue weighted by Gasteiger charge is 2.27. The van der Waals surface area contributed by atoms with Crippen LogP contribution < -0.4 is 10.6 Å². The molecule has 0 aliphatic rings. The smallest absolute Gasteiger partial charge is 0.343 e. The summed E-state index contributed by atoms with van der Waals surface area (Å²) in [6.07, 6.45) is 0.522. The van der Waals surface area contributed by atoms with E-state index in [1.807, 2.05) is 5.32 Å². The first-order chi connectivity index (χ1) is 12.8. The van der Waals surface area contributed by atoms with E-state index in [1.165, 1.54) is 12.1 Å². The van der Waals surface area contributed by atoms with Crippen LogP contribution >= 0.6 is 0 Å². The predicted octanol–water partition coefficient (Wildman–Crippen LogP) is 2.91. The van der Waals surface area contributed by atoms with Gasteiger partial charge in [-0.1, -0.05) is 12.1 Å². The Morgan fingerprint density at radius 1 is 1.19 bits per heavy atom. The van der Waals surface area contributed by atoms with Crippen LogP contribution in [0.1, 0.15) is 10.4 Å². The highest BCUT2D eigenvalue weighted by molar-refractivity contribution is 5.94. The van der Waals surface area contributed by atoms with E-state index < -0.39 is 18.6 Å². The molecule has 0 unspecified atom stereocenters. The van der Waals surface area contributed by atoms with E-state index in [-0.39, 0.29) is 5.56 Å². The van der Waals surface area contributed by atoms with Crippen LogP contribution in [0.25, 0.3) is 11.3 Å². The number of aryl methyl sites for hydroxylation is 1. The second kappa shape index (κ2) is 7.44. The van der Waals surface area contributed by atoms with Gasteiger partial charge in [-0.3, -0.25) is 9.48 Å². The van der Waals surface area contributed by atoms with Gasteiger partial charge in [0.1, 0.15) is 6.54 Å². The zero-order valence-electron chi connectivity index (χ0n) is 14.2. The second-order valence-corrected chi connectivity index (χ2v) is 5.67. The number of anilines is 2. The maximum atomic E-state index is 12.2. The van der Waals surface area contributed by atoms with Crippen molar-refractivity contribution in [1.29, 1.82) is 0 Å². The molecule has 2 N–H and O–H groups in total. The molecule has 0 radical (unpaired) electrons. The third-order valence-corrected chi connectivity index (χ3v) is 3.51. The number of halogens is 3. The Kier molecular flexibility index (Phi) is 5.06. The van der Waals surface area contributed by atoms with Gasteiger partial charge in [-0.05, 0) is 18.2 Å². The van der Waals surface area contributed by atoms with Crippen molar-refractivity contribution in [1.82, 2.24) is 25.1 Å². The van der Waals surface area contributed by atoms with E-state index in [0.717, 1.165) is 5.69 Å². The lowest BCUT2D eigenvalue weighted by molar-refractivity contribution is -0.123. The summed E-state index contributed by atoms with van der Waals surface area (Å²) in [7, 11) is 1.79. The quantitative estimate of drug-likeness (QED) is 0.715. The number of nitrogens with zero attached hydrogens (tertiary/aromatic N) is 4. The van der Waals surface area contributed by atoms with E-state index in [0.29, 0.717) is 17.2 Å². The summed E-state index contributed by atoms with van der Waals surface area (Å²) in [5.41, 5.74) is 2.15. The predicted molar refractivity (Wildman–Crippen MR) is 92.3 cm³/mol. The molecule has 140 valence electrons. The van der Waals surface area contributed by atoms with Crippen LogP contribution in [0.3, 0.4) is 0 Å². The van der Waals surface area contributed by atoms with Crippen molar-refractivity contribution in [3.8, 4) is 11.3 Å². The fourth-order valence-corrected chi connectivity index (χ4v) is 2.27. The number of hydrogen-bond acceptors (Lipinski definition) is 5. The molecule has 0 saturated heterocycles. The van der Waals surface area contributed by atoms with Gasteiger partial charge in [-0.25, -0.2) is 9.97 Å². The molecule has 0 spiro atoms. The summed E-state index contributed by atoms with van der Waals surface area (Å²) < 4.78 is 38.2. The Morgan fingerprint density at radius 2 is 1.93 bits per heavy atom. The van der Waals surface area contributed by atoms with Gasteiger partial charge in [0, 0.05) is 30.6 Å². The number of amides is 1. The zero-order chi connectivity index (χ0) is 19.4. The standard InChI is InChI=1S/C17H15F3N6O/c1-26-9-13(8-23-26)24-16-21-7-6-14(25-16)11-2-4-12(5-3-11)15(27)22-10-17(18,19)20/h2-9H,10H2,1H3,(H,22,27)(H,21,24,25). The fourth-order valence-electron chi connectivity index (χ4n) is 2.27. The second-order valence-electron chi connectivity index (χ2n) is 5.67. The molecule has 0 atom stereocenters. The van der Waals surface area contributed by atoms with E-state index in [2.05, 4.69) is 20.4 Å². The molecule has 7 nitrogen and oxygen atoms in total. The zero-order valence-corrected chi connectivity index (χ0v) is 14.2. The Labute approximate surface area is 152 Å². The van der Waals surface area contributed by atoms with Crippen molar-refractivity contribution in [2.45, 2.75) is 6.18 Å². The third-order valence-electron chi connectivity index (χ3n) is 3.51. The Bertz CT molecular complexity index is 936. The van der Waals surface area contributed by atoms with E-state index in [4.69, 9.17) is 0 Å². The number of benzene rings is 1. The topological polar surface area (TPSA) is 84.7 Å². The van der Waals surface area contributed by atoms with Crippen LogP contribution in [-0.4, -0.2) is 38.4 Å². The van der Waals surface area contributed by atoms with Crippen LogP contribution in [0.4, 0.5) is 24.8 Å². The number of carbonyl (C=O) groups is 1. The summed E-state index contributed by atoms with van der Waals surface area (Å²) in [4.78, 5) is 20.3. The minimum atomic E-state index is -4.45. The van der Waals surface area contributed by atoms with Crippen molar-refractivity contribution in [3.05, 3.63) is 54.5 Å². The number of alkyl halides is 3. The molecule has 0 aliphatic carbocycles. The summed E-state index contributed by atoms with van der Waals surface area (Å²) >= 11 is 0. The van der Waals surface area contributed by atoms with E-state index in [1.54, 1.807) is 48.5 Å². The molecule has 1 amide bonds. The Balaban J connectivity index is 1.71. The van der Waals surface area contributed by atoms with Crippen LogP contribution in [0, 0.1) is 0 Å². The third kappa shape index (κ3) is 5.03. The lowest BCUT2D eigenvalue weighted by atomic mass is 10.1. The first kappa shape index (κ1) is 18.4. The van der Waals surface area contributed by atoms with Gasteiger partial charge < -0.3 is 10.6 Å². The summed E-state index contributed by atoms with van der Waals surface area (Å²) in [6, 6.07) is 7.79. The molecule has 2 aromatic heterocycles. The summed E-state index contributed by atoms with van der Waals surface area (Å²) in [5.74, 6) is -0.423. The van der Waals surface area contributed by atoms with Gasteiger partial charge in [0.15, 0.2) is 0 Å². The van der Waals surface area contributed by atoms with E-state index in [9.17, 15) is 18.0 Å². The summed E-state index contributed by atoms with van der Waals surface area (Å²) in [6.45, 7) is -1.37. The number of hydrogen-bond donors (Lipinski definition) is 2. The molecule has 10 heteroatoms. The molecule has 0 saturated carbocycles. The van der Waals surface area contributed by atoms with Gasteiger partial charge in [-0.2, -0.15) is 18.3 Å². The fraction of sp³-hybridized carbons (Fsp3) is 0.176. The number of nitrogens with one attached hydrogen (secondary N) is 2. The van der Waals surface area contributed by atoms with Crippen LogP contribution in [0.2, 0.25) is 0 Å². The first-order valence-corrected chi connectivity index (χ1v) is 7.84. The Hall–Kier alpha value is -3.43. The maximum absolute atomic E-state index is 12.2. The van der Waals surface area contributed by atoms with Crippen LogP contribution in [0.5, 0.6) is 0 Å². The minimum absolute atomic E-state index is 0.130. The molecule has 1 aromatic carbocycles. The highest BCUT2D eigenvalue weighted by atomic mass is 19.4. The molecule has 2 heterocycles. The molecule has 3 rings (SSSR count). The molecular formula is C17H15F3N6O. The van der Waals surface area contributed by atoms with Gasteiger partial charge >= 0.3 is 6.18 Å². The van der Waals surface area contributed by atoms with Crippen molar-refractivity contribution in [2.75, 3.05) is 11.9 Å². The van der Waals surface area contributed by atoms with Gasteiger partial charge in [-0.15, -0.1) is 0 Å². The molecule has 3 aromatic rings. The first-order valence-electron chi connectivity index (χ1n) is 7.84. The molecule has 0 fully saturated rings. The largest absolute Gasteiger partial charge is 0.405 e. The average Bonchev–Trinajstić information content (AvgIpc) is 3.04. The molecule has 0 aliphatic heterocycles. The van der Waals surface area contributed by atoms with Gasteiger partial charge in [0.2, 0.25) is 5.95 Å². The van der Waals surface area contributed by atoms with Crippen molar-refractivity contribution < 1.29 is 18.0 Å². The minimum Gasteiger partial charge on any atom is -0.343 e. The highest BCUT2D eigenvalue weighted by Crippen LogP contribution is 2.20. The number of rotatable bonds is 5.